The Bertz CT molecular complexity index is 811. The molecular formula is C16H12Cl2N2O4. The molecule has 24 heavy (non-hydrogen) atoms. The number of rotatable bonds is 4. The van der Waals surface area contributed by atoms with Crippen LogP contribution in [0, 0.1) is 0 Å². The Morgan fingerprint density at radius 3 is 2.62 bits per heavy atom. The second-order valence-electron chi connectivity index (χ2n) is 4.92. The van der Waals surface area contributed by atoms with E-state index in [1.165, 1.54) is 6.07 Å². The molecule has 8 heteroatoms. The van der Waals surface area contributed by atoms with Crippen LogP contribution < -0.4 is 20.1 Å². The fourth-order valence-corrected chi connectivity index (χ4v) is 2.54. The SMILES string of the molecule is O=C(CNC(=O)c1ccc2c(c1)OCO2)Nc1ccc(Cl)cc1Cl. The molecule has 3 rings (SSSR count). The van der Waals surface area contributed by atoms with Gasteiger partial charge >= 0.3 is 0 Å². The second-order valence-corrected chi connectivity index (χ2v) is 5.77. The van der Waals surface area contributed by atoms with E-state index in [-0.39, 0.29) is 13.3 Å². The Balaban J connectivity index is 1.57. The summed E-state index contributed by atoms with van der Waals surface area (Å²) in [4.78, 5) is 24.0. The molecule has 1 aliphatic heterocycles. The van der Waals surface area contributed by atoms with Crippen LogP contribution in [-0.4, -0.2) is 25.2 Å². The lowest BCUT2D eigenvalue weighted by atomic mass is 10.2. The number of carbonyl (C=O) groups is 2. The van der Waals surface area contributed by atoms with Crippen molar-refractivity contribution in [1.29, 1.82) is 0 Å². The maximum absolute atomic E-state index is 12.1. The number of hydrogen-bond acceptors (Lipinski definition) is 4. The summed E-state index contributed by atoms with van der Waals surface area (Å²) in [7, 11) is 0. The Morgan fingerprint density at radius 1 is 1.04 bits per heavy atom. The minimum absolute atomic E-state index is 0.130. The molecule has 2 N–H and O–H groups in total. The van der Waals surface area contributed by atoms with Gasteiger partial charge in [-0.2, -0.15) is 0 Å². The first-order chi connectivity index (χ1) is 11.5. The van der Waals surface area contributed by atoms with Crippen LogP contribution in [0.25, 0.3) is 0 Å². The molecule has 2 amide bonds. The number of fused-ring (bicyclic) bond motifs is 1. The average molecular weight is 367 g/mol. The zero-order valence-corrected chi connectivity index (χ0v) is 13.8. The third-order valence-electron chi connectivity index (χ3n) is 3.25. The summed E-state index contributed by atoms with van der Waals surface area (Å²) < 4.78 is 10.4. The van der Waals surface area contributed by atoms with Crippen molar-refractivity contribution in [2.75, 3.05) is 18.7 Å². The molecule has 0 unspecified atom stereocenters. The monoisotopic (exact) mass is 366 g/mol. The topological polar surface area (TPSA) is 76.7 Å². The summed E-state index contributed by atoms with van der Waals surface area (Å²) in [6.07, 6.45) is 0. The van der Waals surface area contributed by atoms with Gasteiger partial charge in [-0.25, -0.2) is 0 Å². The Kier molecular flexibility index (Phi) is 4.78. The summed E-state index contributed by atoms with van der Waals surface area (Å²) in [6, 6.07) is 9.51. The molecule has 2 aromatic rings. The molecule has 0 atom stereocenters. The molecule has 0 saturated heterocycles. The Morgan fingerprint density at radius 2 is 1.83 bits per heavy atom. The number of ether oxygens (including phenoxy) is 2. The summed E-state index contributed by atoms with van der Waals surface area (Å²) in [6.45, 7) is -0.0725. The van der Waals surface area contributed by atoms with Crippen LogP contribution >= 0.6 is 23.2 Å². The van der Waals surface area contributed by atoms with E-state index in [2.05, 4.69) is 10.6 Å². The number of halogens is 2. The van der Waals surface area contributed by atoms with Gasteiger partial charge in [-0.05, 0) is 36.4 Å². The number of benzene rings is 2. The molecule has 0 aliphatic carbocycles. The first kappa shape index (κ1) is 16.4. The average Bonchev–Trinajstić information content (AvgIpc) is 3.03. The first-order valence-corrected chi connectivity index (χ1v) is 7.71. The van der Waals surface area contributed by atoms with E-state index < -0.39 is 11.8 Å². The van der Waals surface area contributed by atoms with Gasteiger partial charge in [0.05, 0.1) is 17.3 Å². The normalized spacial score (nSPS) is 11.9. The molecule has 0 bridgehead atoms. The molecule has 6 nitrogen and oxygen atoms in total. The quantitative estimate of drug-likeness (QED) is 0.871. The van der Waals surface area contributed by atoms with E-state index in [0.717, 1.165) is 0 Å². The van der Waals surface area contributed by atoms with Crippen molar-refractivity contribution in [2.24, 2.45) is 0 Å². The van der Waals surface area contributed by atoms with Crippen LogP contribution in [0.4, 0.5) is 5.69 Å². The van der Waals surface area contributed by atoms with Gasteiger partial charge in [-0.15, -0.1) is 0 Å². The lowest BCUT2D eigenvalue weighted by Crippen LogP contribution is -2.32. The third-order valence-corrected chi connectivity index (χ3v) is 3.80. The van der Waals surface area contributed by atoms with Gasteiger partial charge < -0.3 is 20.1 Å². The van der Waals surface area contributed by atoms with Crippen LogP contribution in [0.5, 0.6) is 11.5 Å². The van der Waals surface area contributed by atoms with Gasteiger partial charge in [0.15, 0.2) is 11.5 Å². The predicted octanol–water partition coefficient (Wildman–Crippen LogP) is 3.09. The summed E-state index contributed by atoms with van der Waals surface area (Å²) in [5, 5.41) is 5.91. The highest BCUT2D eigenvalue weighted by molar-refractivity contribution is 6.36. The van der Waals surface area contributed by atoms with E-state index in [1.807, 2.05) is 0 Å². The molecule has 1 heterocycles. The lowest BCUT2D eigenvalue weighted by Gasteiger charge is -2.09. The van der Waals surface area contributed by atoms with Gasteiger partial charge in [-0.1, -0.05) is 23.2 Å². The van der Waals surface area contributed by atoms with Crippen molar-refractivity contribution in [3.63, 3.8) is 0 Å². The Labute approximate surface area is 147 Å². The molecule has 0 aromatic heterocycles. The summed E-state index contributed by atoms with van der Waals surface area (Å²) in [5.74, 6) is 0.278. The van der Waals surface area contributed by atoms with Crippen LogP contribution in [0.2, 0.25) is 10.0 Å². The molecule has 0 radical (unpaired) electrons. The number of hydrogen-bond donors (Lipinski definition) is 2. The molecule has 0 spiro atoms. The highest BCUT2D eigenvalue weighted by Gasteiger charge is 2.16. The van der Waals surface area contributed by atoms with Gasteiger partial charge in [0.1, 0.15) is 0 Å². The minimum Gasteiger partial charge on any atom is -0.454 e. The Hall–Kier alpha value is -2.44. The van der Waals surface area contributed by atoms with Crippen molar-refractivity contribution in [3.05, 3.63) is 52.0 Å². The van der Waals surface area contributed by atoms with Crippen LogP contribution in [0.15, 0.2) is 36.4 Å². The fraction of sp³-hybridized carbons (Fsp3) is 0.125. The van der Waals surface area contributed by atoms with Gasteiger partial charge in [0, 0.05) is 10.6 Å². The van der Waals surface area contributed by atoms with Crippen LogP contribution in [0.1, 0.15) is 10.4 Å². The summed E-state index contributed by atoms with van der Waals surface area (Å²) in [5.41, 5.74) is 0.792. The van der Waals surface area contributed by atoms with Crippen molar-refractivity contribution in [3.8, 4) is 11.5 Å². The van der Waals surface area contributed by atoms with E-state index >= 15 is 0 Å². The third kappa shape index (κ3) is 3.72. The number of anilines is 1. The maximum Gasteiger partial charge on any atom is 0.251 e. The van der Waals surface area contributed by atoms with Crippen LogP contribution in [-0.2, 0) is 4.79 Å². The largest absolute Gasteiger partial charge is 0.454 e. The molecule has 1 aliphatic rings. The highest BCUT2D eigenvalue weighted by atomic mass is 35.5. The maximum atomic E-state index is 12.1. The van der Waals surface area contributed by atoms with Crippen molar-refractivity contribution >= 4 is 40.7 Å². The minimum atomic E-state index is -0.409. The molecule has 2 aromatic carbocycles. The van der Waals surface area contributed by atoms with Crippen molar-refractivity contribution in [1.82, 2.24) is 5.32 Å². The van der Waals surface area contributed by atoms with E-state index in [4.69, 9.17) is 32.7 Å². The van der Waals surface area contributed by atoms with Crippen LogP contribution in [0.3, 0.4) is 0 Å². The number of nitrogens with one attached hydrogen (secondary N) is 2. The van der Waals surface area contributed by atoms with Gasteiger partial charge in [0.25, 0.3) is 5.91 Å². The van der Waals surface area contributed by atoms with Crippen molar-refractivity contribution < 1.29 is 19.1 Å². The van der Waals surface area contributed by atoms with Gasteiger partial charge in [0.2, 0.25) is 12.7 Å². The zero-order valence-electron chi connectivity index (χ0n) is 12.3. The number of amides is 2. The zero-order chi connectivity index (χ0) is 17.1. The van der Waals surface area contributed by atoms with E-state index in [9.17, 15) is 9.59 Å². The van der Waals surface area contributed by atoms with E-state index in [0.29, 0.717) is 32.8 Å². The highest BCUT2D eigenvalue weighted by Crippen LogP contribution is 2.32. The fourth-order valence-electron chi connectivity index (χ4n) is 2.09. The van der Waals surface area contributed by atoms with E-state index in [1.54, 1.807) is 30.3 Å². The molecule has 124 valence electrons. The summed E-state index contributed by atoms with van der Waals surface area (Å²) >= 11 is 11.8. The molecular weight excluding hydrogens is 355 g/mol. The number of carbonyl (C=O) groups excluding carboxylic acids is 2. The molecule has 0 saturated carbocycles. The smallest absolute Gasteiger partial charge is 0.251 e. The standard InChI is InChI=1S/C16H12Cl2N2O4/c17-10-2-3-12(11(18)6-10)20-15(21)7-19-16(22)9-1-4-13-14(5-9)24-8-23-13/h1-6H,7-8H2,(H,19,22)(H,20,21). The van der Waals surface area contributed by atoms with Gasteiger partial charge in [-0.3, -0.25) is 9.59 Å². The van der Waals surface area contributed by atoms with Crippen molar-refractivity contribution in [2.45, 2.75) is 0 Å². The second kappa shape index (κ2) is 6.98. The first-order valence-electron chi connectivity index (χ1n) is 6.95. The lowest BCUT2D eigenvalue weighted by molar-refractivity contribution is -0.115. The predicted molar refractivity (Wildman–Crippen MR) is 90.0 cm³/mol. The molecule has 0 fully saturated rings.